The Kier molecular flexibility index (Phi) is 7.41. The molecule has 0 aromatic heterocycles. The minimum absolute atomic E-state index is 0.233. The Labute approximate surface area is 160 Å². The number of anilines is 1. The molecular weight excluding hydrogens is 342 g/mol. The first-order chi connectivity index (χ1) is 13.0. The highest BCUT2D eigenvalue weighted by molar-refractivity contribution is 5.94. The van der Waals surface area contributed by atoms with Crippen molar-refractivity contribution in [1.29, 1.82) is 0 Å². The van der Waals surface area contributed by atoms with Crippen LogP contribution in [-0.4, -0.2) is 25.1 Å². The number of amides is 1. The van der Waals surface area contributed by atoms with E-state index in [-0.39, 0.29) is 19.1 Å². The second kappa shape index (κ2) is 9.76. The minimum atomic E-state index is -0.578. The largest absolute Gasteiger partial charge is 0.482 e. The maximum Gasteiger partial charge on any atom is 0.344 e. The molecule has 2 rings (SSSR count). The number of rotatable bonds is 8. The highest BCUT2D eigenvalue weighted by Gasteiger charge is 2.13. The summed E-state index contributed by atoms with van der Waals surface area (Å²) in [5.41, 5.74) is 5.00. The van der Waals surface area contributed by atoms with Crippen molar-refractivity contribution in [2.75, 3.05) is 18.5 Å². The second-order valence-corrected chi connectivity index (χ2v) is 6.35. The molecule has 0 aliphatic carbocycles. The van der Waals surface area contributed by atoms with Crippen LogP contribution in [0, 0.1) is 13.8 Å². The fourth-order valence-electron chi connectivity index (χ4n) is 2.78. The van der Waals surface area contributed by atoms with Crippen LogP contribution < -0.4 is 10.1 Å². The number of para-hydroxylation sites is 1. The van der Waals surface area contributed by atoms with Crippen LogP contribution in [0.15, 0.2) is 36.4 Å². The maximum atomic E-state index is 12.2. The molecule has 0 unspecified atom stereocenters. The number of nitrogens with one attached hydrogen (secondary N) is 1. The lowest BCUT2D eigenvalue weighted by Crippen LogP contribution is -2.24. The van der Waals surface area contributed by atoms with E-state index in [1.165, 1.54) is 0 Å². The average Bonchev–Trinajstić information content (AvgIpc) is 2.67. The Morgan fingerprint density at radius 3 is 2.19 bits per heavy atom. The topological polar surface area (TPSA) is 64.6 Å². The predicted molar refractivity (Wildman–Crippen MR) is 106 cm³/mol. The van der Waals surface area contributed by atoms with Gasteiger partial charge in [-0.1, -0.05) is 44.2 Å². The van der Waals surface area contributed by atoms with E-state index in [4.69, 9.17) is 9.47 Å². The molecule has 1 N–H and O–H groups in total. The number of esters is 1. The molecular formula is C22H27NO4. The molecule has 2 aromatic carbocycles. The van der Waals surface area contributed by atoms with Crippen molar-refractivity contribution >= 4 is 17.6 Å². The van der Waals surface area contributed by atoms with E-state index in [0.29, 0.717) is 5.75 Å². The molecule has 1 amide bonds. The van der Waals surface area contributed by atoms with Crippen molar-refractivity contribution in [1.82, 2.24) is 0 Å². The molecule has 2 aromatic rings. The van der Waals surface area contributed by atoms with Crippen LogP contribution in [0.2, 0.25) is 0 Å². The molecule has 0 radical (unpaired) electrons. The van der Waals surface area contributed by atoms with Crippen LogP contribution in [0.3, 0.4) is 0 Å². The van der Waals surface area contributed by atoms with E-state index in [2.05, 4.69) is 5.32 Å². The Hall–Kier alpha value is -2.82. The van der Waals surface area contributed by atoms with Crippen LogP contribution in [0.5, 0.6) is 5.75 Å². The Morgan fingerprint density at radius 2 is 1.56 bits per heavy atom. The van der Waals surface area contributed by atoms with E-state index in [1.807, 2.05) is 58.0 Å². The summed E-state index contributed by atoms with van der Waals surface area (Å²) in [6.45, 7) is 7.41. The Morgan fingerprint density at radius 1 is 0.926 bits per heavy atom. The van der Waals surface area contributed by atoms with Gasteiger partial charge in [-0.05, 0) is 55.0 Å². The highest BCUT2D eigenvalue weighted by atomic mass is 16.6. The quantitative estimate of drug-likeness (QED) is 0.715. The third-order valence-electron chi connectivity index (χ3n) is 4.53. The van der Waals surface area contributed by atoms with Crippen molar-refractivity contribution in [3.05, 3.63) is 58.7 Å². The van der Waals surface area contributed by atoms with Crippen molar-refractivity contribution in [2.45, 2.75) is 40.5 Å². The Bertz CT molecular complexity index is 792. The summed E-state index contributed by atoms with van der Waals surface area (Å²) in [7, 11) is 0. The summed E-state index contributed by atoms with van der Waals surface area (Å²) in [4.78, 5) is 24.1. The third kappa shape index (κ3) is 5.58. The number of hydrogen-bond acceptors (Lipinski definition) is 4. The van der Waals surface area contributed by atoms with Crippen molar-refractivity contribution in [3.63, 3.8) is 0 Å². The smallest absolute Gasteiger partial charge is 0.344 e. The Balaban J connectivity index is 1.87. The van der Waals surface area contributed by atoms with E-state index in [0.717, 1.165) is 40.8 Å². The highest BCUT2D eigenvalue weighted by Crippen LogP contribution is 2.22. The van der Waals surface area contributed by atoms with Crippen molar-refractivity contribution in [2.24, 2.45) is 0 Å². The summed E-state index contributed by atoms with van der Waals surface area (Å²) >= 11 is 0. The van der Waals surface area contributed by atoms with Gasteiger partial charge in [-0.15, -0.1) is 0 Å². The van der Waals surface area contributed by atoms with Crippen LogP contribution in [-0.2, 0) is 27.2 Å². The van der Waals surface area contributed by atoms with Crippen LogP contribution in [0.25, 0.3) is 0 Å². The molecule has 0 saturated heterocycles. The molecule has 0 aliphatic rings. The lowest BCUT2D eigenvalue weighted by Gasteiger charge is -2.14. The SMILES string of the molecule is CCc1cccc(CC)c1NC(=O)COC(=O)COc1cccc(C)c1C. The average molecular weight is 369 g/mol. The molecule has 5 nitrogen and oxygen atoms in total. The van der Waals surface area contributed by atoms with Gasteiger partial charge in [0.05, 0.1) is 0 Å². The van der Waals surface area contributed by atoms with Gasteiger partial charge in [0.1, 0.15) is 5.75 Å². The summed E-state index contributed by atoms with van der Waals surface area (Å²) in [6, 6.07) is 11.6. The summed E-state index contributed by atoms with van der Waals surface area (Å²) < 4.78 is 10.5. The van der Waals surface area contributed by atoms with E-state index in [1.54, 1.807) is 6.07 Å². The number of benzene rings is 2. The summed E-state index contributed by atoms with van der Waals surface area (Å²) in [6.07, 6.45) is 1.62. The lowest BCUT2D eigenvalue weighted by atomic mass is 10.0. The number of carbonyl (C=O) groups excluding carboxylic acids is 2. The first-order valence-electron chi connectivity index (χ1n) is 9.21. The normalized spacial score (nSPS) is 10.4. The number of ether oxygens (including phenoxy) is 2. The van der Waals surface area contributed by atoms with Crippen molar-refractivity contribution < 1.29 is 19.1 Å². The van der Waals surface area contributed by atoms with Gasteiger partial charge in [-0.2, -0.15) is 0 Å². The first-order valence-corrected chi connectivity index (χ1v) is 9.21. The fourth-order valence-corrected chi connectivity index (χ4v) is 2.78. The molecule has 0 bridgehead atoms. The monoisotopic (exact) mass is 369 g/mol. The van der Waals surface area contributed by atoms with Gasteiger partial charge >= 0.3 is 5.97 Å². The summed E-state index contributed by atoms with van der Waals surface area (Å²) in [5.74, 6) is -0.294. The van der Waals surface area contributed by atoms with Gasteiger partial charge in [0.2, 0.25) is 0 Å². The number of aryl methyl sites for hydroxylation is 3. The van der Waals surface area contributed by atoms with Gasteiger partial charge in [0.15, 0.2) is 13.2 Å². The standard InChI is InChI=1S/C22H27NO4/c1-5-17-10-8-11-18(6-2)22(17)23-20(24)13-27-21(25)14-26-19-12-7-9-15(3)16(19)4/h7-12H,5-6,13-14H2,1-4H3,(H,23,24). The lowest BCUT2D eigenvalue weighted by molar-refractivity contribution is -0.149. The van der Waals surface area contributed by atoms with Crippen LogP contribution in [0.4, 0.5) is 5.69 Å². The second-order valence-electron chi connectivity index (χ2n) is 6.35. The predicted octanol–water partition coefficient (Wildman–Crippen LogP) is 3.99. The molecule has 5 heteroatoms. The maximum absolute atomic E-state index is 12.2. The zero-order valence-electron chi connectivity index (χ0n) is 16.4. The van der Waals surface area contributed by atoms with E-state index in [9.17, 15) is 9.59 Å². The summed E-state index contributed by atoms with van der Waals surface area (Å²) in [5, 5.41) is 2.87. The molecule has 0 spiro atoms. The fraction of sp³-hybridized carbons (Fsp3) is 0.364. The molecule has 0 aliphatic heterocycles. The van der Waals surface area contributed by atoms with Gasteiger partial charge in [0, 0.05) is 5.69 Å². The van der Waals surface area contributed by atoms with Gasteiger partial charge < -0.3 is 14.8 Å². The molecule has 27 heavy (non-hydrogen) atoms. The first kappa shape index (κ1) is 20.5. The van der Waals surface area contributed by atoms with E-state index < -0.39 is 5.97 Å². The number of carbonyl (C=O) groups is 2. The molecule has 0 heterocycles. The van der Waals surface area contributed by atoms with Gasteiger partial charge in [0.25, 0.3) is 5.91 Å². The van der Waals surface area contributed by atoms with Gasteiger partial charge in [-0.3, -0.25) is 4.79 Å². The van der Waals surface area contributed by atoms with Crippen LogP contribution >= 0.6 is 0 Å². The zero-order valence-corrected chi connectivity index (χ0v) is 16.4. The molecule has 0 atom stereocenters. The molecule has 144 valence electrons. The van der Waals surface area contributed by atoms with Crippen molar-refractivity contribution in [3.8, 4) is 5.75 Å². The van der Waals surface area contributed by atoms with Gasteiger partial charge in [-0.25, -0.2) is 4.79 Å². The number of hydrogen-bond donors (Lipinski definition) is 1. The van der Waals surface area contributed by atoms with Crippen LogP contribution in [0.1, 0.15) is 36.1 Å². The molecule has 0 saturated carbocycles. The molecule has 0 fully saturated rings. The minimum Gasteiger partial charge on any atom is -0.482 e. The third-order valence-corrected chi connectivity index (χ3v) is 4.53. The van der Waals surface area contributed by atoms with E-state index >= 15 is 0 Å². The zero-order chi connectivity index (χ0) is 19.8.